The molecule has 0 radical (unpaired) electrons. The lowest BCUT2D eigenvalue weighted by atomic mass is 10.1. The van der Waals surface area contributed by atoms with Crippen LogP contribution in [0.15, 0.2) is 90.3 Å². The van der Waals surface area contributed by atoms with Gasteiger partial charge in [0, 0.05) is 34.7 Å². The van der Waals surface area contributed by atoms with E-state index < -0.39 is 0 Å². The molecule has 3 aromatic carbocycles. The number of rotatable bonds is 6. The van der Waals surface area contributed by atoms with Gasteiger partial charge in [-0.05, 0) is 25.5 Å². The summed E-state index contributed by atoms with van der Waals surface area (Å²) < 4.78 is 0. The number of nitrogens with zero attached hydrogens (tertiary/aromatic N) is 3. The number of anilines is 1. The van der Waals surface area contributed by atoms with Crippen LogP contribution >= 0.6 is 11.3 Å². The average Bonchev–Trinajstić information content (AvgIpc) is 3.34. The second-order valence-corrected chi connectivity index (χ2v) is 8.87. The van der Waals surface area contributed by atoms with Crippen molar-refractivity contribution in [2.45, 2.75) is 20.4 Å². The quantitative estimate of drug-likeness (QED) is 0.299. The largest absolute Gasteiger partial charge is 0.366 e. The fraction of sp³-hybridized carbons (Fsp3) is 0.107. The standard InChI is InChI=1S/C28H24N4S/c1-19-11-13-23(14-12-19)25-16-27(31-20(2)30-25)29-17-21-7-6-10-24(15-21)28-32-26(18-33-28)22-8-4-3-5-9-22/h3-16,18H,17H2,1-2H3,(H,29,30,31). The first-order chi connectivity index (χ1) is 16.1. The predicted octanol–water partition coefficient (Wildman–Crippen LogP) is 7.16. The number of thiazole rings is 1. The van der Waals surface area contributed by atoms with Crippen LogP contribution in [-0.2, 0) is 6.54 Å². The maximum atomic E-state index is 4.85. The summed E-state index contributed by atoms with van der Waals surface area (Å²) in [5.74, 6) is 1.57. The van der Waals surface area contributed by atoms with E-state index in [4.69, 9.17) is 4.98 Å². The lowest BCUT2D eigenvalue weighted by molar-refractivity contribution is 1.03. The van der Waals surface area contributed by atoms with Gasteiger partial charge in [0.25, 0.3) is 0 Å². The second kappa shape index (κ2) is 9.35. The Hall–Kier alpha value is -3.83. The van der Waals surface area contributed by atoms with Gasteiger partial charge in [-0.15, -0.1) is 11.3 Å². The zero-order chi connectivity index (χ0) is 22.6. The molecule has 0 saturated carbocycles. The third kappa shape index (κ3) is 4.99. The molecule has 0 atom stereocenters. The van der Waals surface area contributed by atoms with Crippen molar-refractivity contribution in [3.05, 3.63) is 107 Å². The van der Waals surface area contributed by atoms with Crippen molar-refractivity contribution < 1.29 is 0 Å². The smallest absolute Gasteiger partial charge is 0.130 e. The van der Waals surface area contributed by atoms with Crippen LogP contribution in [-0.4, -0.2) is 15.0 Å². The van der Waals surface area contributed by atoms with Gasteiger partial charge in [-0.25, -0.2) is 15.0 Å². The number of hydrogen-bond donors (Lipinski definition) is 1. The van der Waals surface area contributed by atoms with E-state index in [1.54, 1.807) is 11.3 Å². The van der Waals surface area contributed by atoms with Gasteiger partial charge in [0.15, 0.2) is 0 Å². The molecule has 0 unspecified atom stereocenters. The summed E-state index contributed by atoms with van der Waals surface area (Å²) in [6.45, 7) is 4.69. The van der Waals surface area contributed by atoms with Crippen molar-refractivity contribution in [2.75, 3.05) is 5.32 Å². The van der Waals surface area contributed by atoms with E-state index in [2.05, 4.69) is 88.3 Å². The summed E-state index contributed by atoms with van der Waals surface area (Å²) in [5.41, 5.74) is 7.71. The van der Waals surface area contributed by atoms with Gasteiger partial charge >= 0.3 is 0 Å². The minimum absolute atomic E-state index is 0.675. The Balaban J connectivity index is 1.33. The highest BCUT2D eigenvalue weighted by molar-refractivity contribution is 7.13. The molecule has 162 valence electrons. The predicted molar refractivity (Wildman–Crippen MR) is 137 cm³/mol. The summed E-state index contributed by atoms with van der Waals surface area (Å²) in [5, 5.41) is 6.61. The van der Waals surface area contributed by atoms with Crippen LogP contribution in [0.4, 0.5) is 5.82 Å². The Morgan fingerprint density at radius 3 is 2.27 bits per heavy atom. The Bertz CT molecular complexity index is 1370. The molecule has 0 bridgehead atoms. The topological polar surface area (TPSA) is 50.7 Å². The molecule has 5 heteroatoms. The molecule has 0 aliphatic rings. The zero-order valence-electron chi connectivity index (χ0n) is 18.6. The molecule has 0 aliphatic heterocycles. The second-order valence-electron chi connectivity index (χ2n) is 8.01. The first-order valence-electron chi connectivity index (χ1n) is 10.9. The molecule has 2 aromatic heterocycles. The Morgan fingerprint density at radius 1 is 0.697 bits per heavy atom. The fourth-order valence-corrected chi connectivity index (χ4v) is 4.51. The normalized spacial score (nSPS) is 10.8. The Morgan fingerprint density at radius 2 is 1.45 bits per heavy atom. The van der Waals surface area contributed by atoms with Gasteiger partial charge in [-0.3, -0.25) is 0 Å². The lowest BCUT2D eigenvalue weighted by Crippen LogP contribution is -2.04. The highest BCUT2D eigenvalue weighted by atomic mass is 32.1. The molecule has 5 aromatic rings. The van der Waals surface area contributed by atoms with Crippen LogP contribution in [0.2, 0.25) is 0 Å². The molecule has 0 fully saturated rings. The summed E-state index contributed by atoms with van der Waals surface area (Å²) >= 11 is 1.67. The average molecular weight is 449 g/mol. The number of benzene rings is 3. The summed E-state index contributed by atoms with van der Waals surface area (Å²) in [7, 11) is 0. The monoisotopic (exact) mass is 448 g/mol. The molecule has 2 heterocycles. The van der Waals surface area contributed by atoms with Gasteiger partial charge in [-0.1, -0.05) is 78.4 Å². The maximum Gasteiger partial charge on any atom is 0.130 e. The number of aromatic nitrogens is 3. The van der Waals surface area contributed by atoms with Crippen LogP contribution < -0.4 is 5.32 Å². The van der Waals surface area contributed by atoms with Crippen LogP contribution in [0.5, 0.6) is 0 Å². The SMILES string of the molecule is Cc1ccc(-c2cc(NCc3cccc(-c4nc(-c5ccccc5)cs4)c3)nc(C)n2)cc1. The van der Waals surface area contributed by atoms with Crippen molar-refractivity contribution in [1.29, 1.82) is 0 Å². The van der Waals surface area contributed by atoms with Crippen molar-refractivity contribution in [1.82, 2.24) is 15.0 Å². The summed E-state index contributed by atoms with van der Waals surface area (Å²) in [6, 6.07) is 29.2. The first kappa shape index (κ1) is 21.0. The molecule has 4 nitrogen and oxygen atoms in total. The van der Waals surface area contributed by atoms with Crippen LogP contribution in [0.1, 0.15) is 17.0 Å². The lowest BCUT2D eigenvalue weighted by Gasteiger charge is -2.10. The molecule has 0 saturated heterocycles. The minimum Gasteiger partial charge on any atom is -0.366 e. The summed E-state index contributed by atoms with van der Waals surface area (Å²) in [6.07, 6.45) is 0. The molecule has 5 rings (SSSR count). The molecule has 0 aliphatic carbocycles. The Kier molecular flexibility index (Phi) is 5.96. The number of aryl methyl sites for hydroxylation is 2. The van der Waals surface area contributed by atoms with Crippen molar-refractivity contribution in [3.63, 3.8) is 0 Å². The van der Waals surface area contributed by atoms with E-state index in [-0.39, 0.29) is 0 Å². The maximum absolute atomic E-state index is 4.85. The zero-order valence-corrected chi connectivity index (χ0v) is 19.4. The van der Waals surface area contributed by atoms with Gasteiger partial charge in [-0.2, -0.15) is 0 Å². The minimum atomic E-state index is 0.675. The molecule has 0 spiro atoms. The van der Waals surface area contributed by atoms with Gasteiger partial charge in [0.05, 0.1) is 11.4 Å². The van der Waals surface area contributed by atoms with E-state index >= 15 is 0 Å². The number of nitrogens with one attached hydrogen (secondary N) is 1. The molecule has 33 heavy (non-hydrogen) atoms. The first-order valence-corrected chi connectivity index (χ1v) is 11.8. The van der Waals surface area contributed by atoms with E-state index in [0.717, 1.165) is 44.7 Å². The third-order valence-corrected chi connectivity index (χ3v) is 6.30. The van der Waals surface area contributed by atoms with Crippen LogP contribution in [0.25, 0.3) is 33.1 Å². The van der Waals surface area contributed by atoms with Crippen LogP contribution in [0.3, 0.4) is 0 Å². The summed E-state index contributed by atoms with van der Waals surface area (Å²) in [4.78, 5) is 14.0. The van der Waals surface area contributed by atoms with E-state index in [0.29, 0.717) is 6.54 Å². The molecule has 1 N–H and O–H groups in total. The number of hydrogen-bond acceptors (Lipinski definition) is 5. The van der Waals surface area contributed by atoms with E-state index in [1.807, 2.05) is 31.2 Å². The van der Waals surface area contributed by atoms with Crippen molar-refractivity contribution in [2.24, 2.45) is 0 Å². The van der Waals surface area contributed by atoms with Crippen molar-refractivity contribution in [3.8, 4) is 33.1 Å². The van der Waals surface area contributed by atoms with Gasteiger partial charge in [0.1, 0.15) is 16.6 Å². The van der Waals surface area contributed by atoms with Gasteiger partial charge < -0.3 is 5.32 Å². The van der Waals surface area contributed by atoms with Crippen LogP contribution in [0, 0.1) is 13.8 Å². The highest BCUT2D eigenvalue weighted by Gasteiger charge is 2.08. The molecule has 0 amide bonds. The highest BCUT2D eigenvalue weighted by Crippen LogP contribution is 2.29. The third-order valence-electron chi connectivity index (χ3n) is 5.41. The Labute approximate surface area is 198 Å². The molecular formula is C28H24N4S. The molecular weight excluding hydrogens is 424 g/mol. The van der Waals surface area contributed by atoms with E-state index in [9.17, 15) is 0 Å². The fourth-order valence-electron chi connectivity index (χ4n) is 3.69. The van der Waals surface area contributed by atoms with Gasteiger partial charge in [0.2, 0.25) is 0 Å². The van der Waals surface area contributed by atoms with Crippen molar-refractivity contribution >= 4 is 17.2 Å². The van der Waals surface area contributed by atoms with E-state index in [1.165, 1.54) is 11.1 Å².